The molecule has 0 spiro atoms. The van der Waals surface area contributed by atoms with Crippen molar-refractivity contribution in [3.63, 3.8) is 0 Å². The van der Waals surface area contributed by atoms with Crippen LogP contribution in [-0.4, -0.2) is 36.3 Å². The van der Waals surface area contributed by atoms with Gasteiger partial charge >= 0.3 is 0 Å². The number of nitrogens with one attached hydrogen (secondary N) is 1. The molecule has 2 aromatic carbocycles. The second-order valence-electron chi connectivity index (χ2n) is 6.61. The van der Waals surface area contributed by atoms with Gasteiger partial charge in [0.25, 0.3) is 0 Å². The van der Waals surface area contributed by atoms with E-state index in [0.29, 0.717) is 18.3 Å². The topological polar surface area (TPSA) is 33.7 Å². The van der Waals surface area contributed by atoms with Gasteiger partial charge in [-0.2, -0.15) is 0 Å². The standard InChI is InChI=1S/C21H26N2O2S/c1-3-4-7-16-10-12-17(13-11-16)22-21(26)23(2)14-18-15-24-19-8-5-6-9-20(19)25-18/h5-6,8-13,18H,3-4,7,14-15H2,1-2H3,(H,22,26)/t18-/m1/s1. The summed E-state index contributed by atoms with van der Waals surface area (Å²) in [5, 5.41) is 3.97. The van der Waals surface area contributed by atoms with E-state index in [4.69, 9.17) is 21.7 Å². The summed E-state index contributed by atoms with van der Waals surface area (Å²) >= 11 is 5.53. The Kier molecular flexibility index (Phi) is 6.34. The van der Waals surface area contributed by atoms with Crippen LogP contribution in [0.2, 0.25) is 0 Å². The SMILES string of the molecule is CCCCc1ccc(NC(=S)N(C)C[C@@H]2COc3ccccc3O2)cc1. The molecule has 3 rings (SSSR count). The Balaban J connectivity index is 1.50. The number of fused-ring (bicyclic) bond motifs is 1. The lowest BCUT2D eigenvalue weighted by molar-refractivity contribution is 0.0784. The van der Waals surface area contributed by atoms with Gasteiger partial charge in [0.2, 0.25) is 0 Å². The van der Waals surface area contributed by atoms with Gasteiger partial charge < -0.3 is 19.7 Å². The molecule has 0 amide bonds. The Morgan fingerprint density at radius 2 is 1.88 bits per heavy atom. The third-order valence-electron chi connectivity index (χ3n) is 4.42. The molecule has 0 aliphatic carbocycles. The van der Waals surface area contributed by atoms with Crippen molar-refractivity contribution >= 4 is 23.0 Å². The number of nitrogens with zero attached hydrogens (tertiary/aromatic N) is 1. The van der Waals surface area contributed by atoms with Crippen molar-refractivity contribution in [2.45, 2.75) is 32.3 Å². The molecule has 2 aromatic rings. The number of unbranched alkanes of at least 4 members (excludes halogenated alkanes) is 1. The highest BCUT2D eigenvalue weighted by Gasteiger charge is 2.22. The van der Waals surface area contributed by atoms with Crippen molar-refractivity contribution in [2.24, 2.45) is 0 Å². The molecule has 138 valence electrons. The summed E-state index contributed by atoms with van der Waals surface area (Å²) in [6.45, 7) is 3.40. The Morgan fingerprint density at radius 3 is 2.62 bits per heavy atom. The molecule has 1 aliphatic heterocycles. The summed E-state index contributed by atoms with van der Waals surface area (Å²) in [4.78, 5) is 1.99. The van der Waals surface area contributed by atoms with Crippen LogP contribution in [0.4, 0.5) is 5.69 Å². The number of anilines is 1. The summed E-state index contributed by atoms with van der Waals surface area (Å²) in [7, 11) is 1.97. The van der Waals surface area contributed by atoms with E-state index in [1.165, 1.54) is 18.4 Å². The largest absolute Gasteiger partial charge is 0.486 e. The van der Waals surface area contributed by atoms with Gasteiger partial charge in [0, 0.05) is 12.7 Å². The highest BCUT2D eigenvalue weighted by Crippen LogP contribution is 2.31. The zero-order valence-corrected chi connectivity index (χ0v) is 16.2. The lowest BCUT2D eigenvalue weighted by atomic mass is 10.1. The molecule has 0 saturated heterocycles. The fourth-order valence-electron chi connectivity index (χ4n) is 2.90. The Bertz CT molecular complexity index is 733. The van der Waals surface area contributed by atoms with E-state index in [0.717, 1.165) is 23.6 Å². The van der Waals surface area contributed by atoms with Crippen molar-refractivity contribution in [3.05, 3.63) is 54.1 Å². The third kappa shape index (κ3) is 4.88. The summed E-state index contributed by atoms with van der Waals surface area (Å²) < 4.78 is 11.8. The van der Waals surface area contributed by atoms with E-state index in [2.05, 4.69) is 36.5 Å². The summed E-state index contributed by atoms with van der Waals surface area (Å²) in [6, 6.07) is 16.2. The normalized spacial score (nSPS) is 15.4. The quantitative estimate of drug-likeness (QED) is 0.757. The lowest BCUT2D eigenvalue weighted by Gasteiger charge is -2.30. The predicted molar refractivity (Wildman–Crippen MR) is 110 cm³/mol. The van der Waals surface area contributed by atoms with Crippen LogP contribution in [0, 0.1) is 0 Å². The van der Waals surface area contributed by atoms with E-state index in [1.54, 1.807) is 0 Å². The number of benzene rings is 2. The van der Waals surface area contributed by atoms with Gasteiger partial charge in [0.1, 0.15) is 6.61 Å². The third-order valence-corrected chi connectivity index (χ3v) is 4.83. The molecular weight excluding hydrogens is 344 g/mol. The van der Waals surface area contributed by atoms with E-state index in [-0.39, 0.29) is 6.10 Å². The fraction of sp³-hybridized carbons (Fsp3) is 0.381. The summed E-state index contributed by atoms with van der Waals surface area (Å²) in [5.74, 6) is 1.59. The lowest BCUT2D eigenvalue weighted by Crippen LogP contribution is -2.43. The average Bonchev–Trinajstić information content (AvgIpc) is 2.67. The monoisotopic (exact) mass is 370 g/mol. The van der Waals surface area contributed by atoms with E-state index in [9.17, 15) is 0 Å². The predicted octanol–water partition coefficient (Wildman–Crippen LogP) is 4.50. The number of ether oxygens (including phenoxy) is 2. The molecule has 1 N–H and O–H groups in total. The molecule has 5 heteroatoms. The molecule has 0 aromatic heterocycles. The molecule has 0 radical (unpaired) electrons. The van der Waals surface area contributed by atoms with Crippen LogP contribution in [0.3, 0.4) is 0 Å². The van der Waals surface area contributed by atoms with Gasteiger partial charge in [-0.05, 0) is 54.9 Å². The smallest absolute Gasteiger partial charge is 0.173 e. The van der Waals surface area contributed by atoms with Gasteiger partial charge in [-0.3, -0.25) is 0 Å². The maximum atomic E-state index is 6.00. The first-order valence-electron chi connectivity index (χ1n) is 9.15. The van der Waals surface area contributed by atoms with Crippen molar-refractivity contribution in [2.75, 3.05) is 25.5 Å². The first-order valence-corrected chi connectivity index (χ1v) is 9.56. The van der Waals surface area contributed by atoms with Gasteiger partial charge in [-0.25, -0.2) is 0 Å². The van der Waals surface area contributed by atoms with Crippen LogP contribution in [0.1, 0.15) is 25.3 Å². The molecule has 0 fully saturated rings. The number of rotatable bonds is 6. The van der Waals surface area contributed by atoms with Crippen molar-refractivity contribution in [3.8, 4) is 11.5 Å². The van der Waals surface area contributed by atoms with E-state index in [1.807, 2.05) is 36.2 Å². The van der Waals surface area contributed by atoms with Gasteiger partial charge in [0.05, 0.1) is 6.54 Å². The second kappa shape index (κ2) is 8.90. The maximum absolute atomic E-state index is 6.00. The number of likely N-dealkylation sites (N-methyl/N-ethyl adjacent to an activating group) is 1. The average molecular weight is 371 g/mol. The van der Waals surface area contributed by atoms with Crippen LogP contribution >= 0.6 is 12.2 Å². The molecule has 0 saturated carbocycles. The number of hydrogen-bond donors (Lipinski definition) is 1. The van der Waals surface area contributed by atoms with Crippen molar-refractivity contribution in [1.82, 2.24) is 4.90 Å². The molecule has 1 aliphatic rings. The Morgan fingerprint density at radius 1 is 1.15 bits per heavy atom. The minimum Gasteiger partial charge on any atom is -0.486 e. The zero-order chi connectivity index (χ0) is 18.4. The molecule has 4 nitrogen and oxygen atoms in total. The van der Waals surface area contributed by atoms with Crippen molar-refractivity contribution in [1.29, 1.82) is 0 Å². The Hall–Kier alpha value is -2.27. The molecule has 1 atom stereocenters. The minimum atomic E-state index is -0.0499. The maximum Gasteiger partial charge on any atom is 0.173 e. The molecule has 0 bridgehead atoms. The van der Waals surface area contributed by atoms with Crippen molar-refractivity contribution < 1.29 is 9.47 Å². The number of thiocarbonyl (C=S) groups is 1. The highest BCUT2D eigenvalue weighted by molar-refractivity contribution is 7.80. The van der Waals surface area contributed by atoms with Gasteiger partial charge in [-0.15, -0.1) is 0 Å². The highest BCUT2D eigenvalue weighted by atomic mass is 32.1. The Labute approximate surface area is 161 Å². The number of para-hydroxylation sites is 2. The van der Waals surface area contributed by atoms with Gasteiger partial charge in [-0.1, -0.05) is 37.6 Å². The molecule has 0 unspecified atom stereocenters. The van der Waals surface area contributed by atoms with Crippen LogP contribution in [0.5, 0.6) is 11.5 Å². The number of aryl methyl sites for hydroxylation is 1. The molecule has 1 heterocycles. The van der Waals surface area contributed by atoms with Gasteiger partial charge in [0.15, 0.2) is 22.7 Å². The number of hydrogen-bond acceptors (Lipinski definition) is 3. The van der Waals surface area contributed by atoms with Crippen LogP contribution in [0.15, 0.2) is 48.5 Å². The first-order chi connectivity index (χ1) is 12.7. The van der Waals surface area contributed by atoms with Crippen LogP contribution in [-0.2, 0) is 6.42 Å². The zero-order valence-electron chi connectivity index (χ0n) is 15.4. The molecular formula is C21H26N2O2S. The summed E-state index contributed by atoms with van der Waals surface area (Å²) in [5.41, 5.74) is 2.37. The van der Waals surface area contributed by atoms with Crippen LogP contribution < -0.4 is 14.8 Å². The summed E-state index contributed by atoms with van der Waals surface area (Å²) in [6.07, 6.45) is 3.51. The minimum absolute atomic E-state index is 0.0499. The fourth-order valence-corrected chi connectivity index (χ4v) is 3.09. The molecule has 26 heavy (non-hydrogen) atoms. The van der Waals surface area contributed by atoms with E-state index >= 15 is 0 Å². The van der Waals surface area contributed by atoms with Crippen LogP contribution in [0.25, 0.3) is 0 Å². The van der Waals surface area contributed by atoms with E-state index < -0.39 is 0 Å². The second-order valence-corrected chi connectivity index (χ2v) is 7.00. The first kappa shape index (κ1) is 18.5.